The van der Waals surface area contributed by atoms with Crippen LogP contribution in [0.25, 0.3) is 11.2 Å². The Morgan fingerprint density at radius 2 is 1.92 bits per heavy atom. The van der Waals surface area contributed by atoms with Crippen molar-refractivity contribution in [2.24, 2.45) is 0 Å². The molecule has 0 spiro atoms. The molecule has 4 atom stereocenters. The first kappa shape index (κ1) is 20.6. The highest BCUT2D eigenvalue weighted by molar-refractivity contribution is 7.46. The smallest absolute Gasteiger partial charge is 0.429 e. The Kier molecular flexibility index (Phi) is 6.62. The van der Waals surface area contributed by atoms with Crippen molar-refractivity contribution < 1.29 is 43.9 Å². The molecule has 16 heteroatoms. The van der Waals surface area contributed by atoms with Gasteiger partial charge in [-0.1, -0.05) is 0 Å². The fourth-order valence-electron chi connectivity index (χ4n) is 2.32. The van der Waals surface area contributed by atoms with Gasteiger partial charge >= 0.3 is 15.5 Å². The summed E-state index contributed by atoms with van der Waals surface area (Å²) in [5.74, 6) is 0.142. The van der Waals surface area contributed by atoms with Gasteiger partial charge in [0.25, 0.3) is 0 Å². The number of aromatic nitrogens is 4. The van der Waals surface area contributed by atoms with Crippen molar-refractivity contribution in [2.75, 3.05) is 12.3 Å². The second kappa shape index (κ2) is 8.34. The maximum Gasteiger partial charge on any atom is 0.482 e. The van der Waals surface area contributed by atoms with Gasteiger partial charge in [-0.2, -0.15) is 0 Å². The highest BCUT2D eigenvalue weighted by Crippen LogP contribution is 2.38. The zero-order valence-corrected chi connectivity index (χ0v) is 13.9. The molecule has 3 rings (SSSR count). The summed E-state index contributed by atoms with van der Waals surface area (Å²) in [6.45, 7) is -0.594. The van der Waals surface area contributed by atoms with Crippen molar-refractivity contribution in [3.63, 3.8) is 0 Å². The second-order valence-electron chi connectivity index (χ2n) is 5.03. The Hall–Kier alpha value is -1.68. The lowest BCUT2D eigenvalue weighted by molar-refractivity contribution is -0.0504. The molecule has 0 unspecified atom stereocenters. The van der Waals surface area contributed by atoms with E-state index in [0.717, 1.165) is 0 Å². The van der Waals surface area contributed by atoms with Gasteiger partial charge in [0.1, 0.15) is 30.2 Å². The number of fused-ring (bicyclic) bond motifs is 1. The maximum absolute atomic E-state index is 10.7. The summed E-state index contributed by atoms with van der Waals surface area (Å²) in [5, 5.41) is 34.1. The number of aliphatic hydroxyl groups excluding tert-OH is 2. The lowest BCUT2D eigenvalue weighted by Crippen LogP contribution is -2.33. The number of hydrogen-bond acceptors (Lipinski definition) is 11. The quantitative estimate of drug-likeness (QED) is 0.199. The van der Waals surface area contributed by atoms with Crippen LogP contribution < -0.4 is 5.73 Å². The van der Waals surface area contributed by atoms with Crippen molar-refractivity contribution in [3.05, 3.63) is 12.7 Å². The summed E-state index contributed by atoms with van der Waals surface area (Å²) in [6.07, 6.45) is -2.49. The number of anilines is 1. The molecule has 1 saturated heterocycles. The molecule has 0 amide bonds. The summed E-state index contributed by atoms with van der Waals surface area (Å²) < 4.78 is 21.8. The second-order valence-corrected chi connectivity index (χ2v) is 6.27. The van der Waals surface area contributed by atoms with E-state index in [1.165, 1.54) is 17.2 Å². The minimum Gasteiger partial charge on any atom is -0.429 e. The number of rotatable bonds is 4. The van der Waals surface area contributed by atoms with E-state index in [4.69, 9.17) is 30.3 Å². The number of aliphatic hydroxyl groups is 2. The van der Waals surface area contributed by atoms with Crippen molar-refractivity contribution in [1.82, 2.24) is 19.5 Å². The molecule has 14 nitrogen and oxygen atoms in total. The molecular weight excluding hydrogens is 376 g/mol. The number of nitrogens with two attached hydrogens (primary N) is 1. The molecular formula is C10H16BN5O9P. The topological polar surface area (TPSA) is 227 Å². The average Bonchev–Trinajstić information content (AvgIpc) is 3.10. The normalized spacial score (nSPS) is 25.8. The van der Waals surface area contributed by atoms with Crippen LogP contribution in [-0.4, -0.2) is 82.2 Å². The summed E-state index contributed by atoms with van der Waals surface area (Å²) in [7, 11) is -4.72. The number of phosphoric ester groups is 1. The predicted octanol–water partition coefficient (Wildman–Crippen LogP) is -3.36. The number of nitrogens with zero attached hydrogens (tertiary/aromatic N) is 4. The molecule has 8 N–H and O–H groups in total. The highest BCUT2D eigenvalue weighted by Gasteiger charge is 2.45. The SMILES string of the molecule is Nc1ncnc2c1ncn2[C@@H]1O[C@H](COP(=O)(O)O)[C@@H](O)[C@H]1O.O[B]O. The zero-order chi connectivity index (χ0) is 19.5. The predicted molar refractivity (Wildman–Crippen MR) is 83.8 cm³/mol. The van der Waals surface area contributed by atoms with Crippen LogP contribution in [0.1, 0.15) is 6.23 Å². The Balaban J connectivity index is 0.000000758. The molecule has 3 heterocycles. The third-order valence-corrected chi connectivity index (χ3v) is 3.89. The van der Waals surface area contributed by atoms with Crippen LogP contribution >= 0.6 is 7.82 Å². The Bertz CT molecular complexity index is 787. The molecule has 1 aliphatic rings. The van der Waals surface area contributed by atoms with Gasteiger partial charge in [-0.15, -0.1) is 0 Å². The number of ether oxygens (including phenoxy) is 1. The monoisotopic (exact) mass is 392 g/mol. The molecule has 1 fully saturated rings. The highest BCUT2D eigenvalue weighted by atomic mass is 31.2. The minimum atomic E-state index is -4.72. The molecule has 0 aliphatic carbocycles. The number of imidazole rings is 1. The zero-order valence-electron chi connectivity index (χ0n) is 13.0. The number of hydrogen-bond donors (Lipinski definition) is 7. The molecule has 143 valence electrons. The van der Waals surface area contributed by atoms with Gasteiger partial charge in [-0.05, 0) is 0 Å². The van der Waals surface area contributed by atoms with E-state index in [1.807, 2.05) is 0 Å². The average molecular weight is 392 g/mol. The summed E-state index contributed by atoms with van der Waals surface area (Å²) >= 11 is 0. The van der Waals surface area contributed by atoms with E-state index in [9.17, 15) is 14.8 Å². The first-order valence-corrected chi connectivity index (χ1v) is 8.47. The van der Waals surface area contributed by atoms with Crippen LogP contribution in [-0.2, 0) is 13.8 Å². The standard InChI is InChI=1S/C10H14N5O7P.BH2O2/c11-8-5-9(13-2-12-8)15(3-14-5)10-7(17)6(16)4(22-10)1-21-23(18,19)20;2-1-3/h2-4,6-7,10,16-17H,1H2,(H2,11,12,13)(H2,18,19,20);2-3H/t4-,6-,7-,10-;/m1./s1. The third-order valence-electron chi connectivity index (χ3n) is 3.41. The van der Waals surface area contributed by atoms with Gasteiger partial charge in [0, 0.05) is 0 Å². The fraction of sp³-hybridized carbons (Fsp3) is 0.500. The molecule has 0 saturated carbocycles. The minimum absolute atomic E-state index is 0. The van der Waals surface area contributed by atoms with Gasteiger partial charge < -0.3 is 40.5 Å². The van der Waals surface area contributed by atoms with Crippen LogP contribution in [0.4, 0.5) is 5.82 Å². The van der Waals surface area contributed by atoms with Crippen LogP contribution in [0.15, 0.2) is 12.7 Å². The van der Waals surface area contributed by atoms with Crippen LogP contribution in [0.2, 0.25) is 0 Å². The van der Waals surface area contributed by atoms with E-state index in [-0.39, 0.29) is 19.2 Å². The first-order chi connectivity index (χ1) is 12.2. The van der Waals surface area contributed by atoms with Crippen LogP contribution in [0.3, 0.4) is 0 Å². The third kappa shape index (κ3) is 4.53. The largest absolute Gasteiger partial charge is 0.482 e. The van der Waals surface area contributed by atoms with Gasteiger partial charge in [-0.25, -0.2) is 19.5 Å². The molecule has 1 aliphatic heterocycles. The summed E-state index contributed by atoms with van der Waals surface area (Å²) in [6, 6.07) is 0. The van der Waals surface area contributed by atoms with Crippen molar-refractivity contribution in [3.8, 4) is 0 Å². The van der Waals surface area contributed by atoms with Crippen LogP contribution in [0, 0.1) is 0 Å². The summed E-state index contributed by atoms with van der Waals surface area (Å²) in [5.41, 5.74) is 6.25. The lowest BCUT2D eigenvalue weighted by Gasteiger charge is -2.16. The van der Waals surface area contributed by atoms with Crippen molar-refractivity contribution >= 4 is 32.5 Å². The summed E-state index contributed by atoms with van der Waals surface area (Å²) in [4.78, 5) is 29.2. The van der Waals surface area contributed by atoms with E-state index in [0.29, 0.717) is 5.52 Å². The van der Waals surface area contributed by atoms with E-state index < -0.39 is 39.0 Å². The molecule has 2 aromatic heterocycles. The number of phosphoric acid groups is 1. The number of nitrogen functional groups attached to an aromatic ring is 1. The fourth-order valence-corrected chi connectivity index (χ4v) is 2.66. The van der Waals surface area contributed by atoms with E-state index in [1.54, 1.807) is 0 Å². The maximum atomic E-state index is 10.7. The Labute approximate surface area is 146 Å². The van der Waals surface area contributed by atoms with Gasteiger partial charge in [0.05, 0.1) is 12.9 Å². The molecule has 1 radical (unpaired) electrons. The molecule has 26 heavy (non-hydrogen) atoms. The van der Waals surface area contributed by atoms with E-state index >= 15 is 0 Å². The molecule has 0 aromatic carbocycles. The van der Waals surface area contributed by atoms with E-state index in [2.05, 4.69) is 19.5 Å². The first-order valence-electron chi connectivity index (χ1n) is 6.94. The van der Waals surface area contributed by atoms with Gasteiger partial charge in [0.2, 0.25) is 0 Å². The van der Waals surface area contributed by atoms with Crippen molar-refractivity contribution in [1.29, 1.82) is 0 Å². The van der Waals surface area contributed by atoms with Gasteiger partial charge in [-0.3, -0.25) is 9.09 Å². The van der Waals surface area contributed by atoms with Gasteiger partial charge in [0.15, 0.2) is 17.7 Å². The van der Waals surface area contributed by atoms with Crippen LogP contribution in [0.5, 0.6) is 0 Å². The lowest BCUT2D eigenvalue weighted by atomic mass is 10.1. The molecule has 0 bridgehead atoms. The molecule has 2 aromatic rings. The Morgan fingerprint density at radius 3 is 2.54 bits per heavy atom. The van der Waals surface area contributed by atoms with Crippen molar-refractivity contribution in [2.45, 2.75) is 24.5 Å². The Morgan fingerprint density at radius 1 is 1.27 bits per heavy atom.